The SMILES string of the molecule is C=[N+]1CC(C(=O)NCCN(C)C)=C2NCCCCC(N)C(=O)NCCCCCCN=C1N2. The van der Waals surface area contributed by atoms with Gasteiger partial charge in [-0.05, 0) is 46.2 Å². The van der Waals surface area contributed by atoms with Crippen molar-refractivity contribution in [2.24, 2.45) is 10.7 Å². The van der Waals surface area contributed by atoms with Crippen molar-refractivity contribution in [3.63, 3.8) is 0 Å². The van der Waals surface area contributed by atoms with Gasteiger partial charge in [0.1, 0.15) is 18.7 Å². The number of carbonyl (C=O) groups is 2. The van der Waals surface area contributed by atoms with E-state index in [-0.39, 0.29) is 11.8 Å². The van der Waals surface area contributed by atoms with Crippen LogP contribution in [0.4, 0.5) is 0 Å². The number of amides is 2. The van der Waals surface area contributed by atoms with E-state index in [9.17, 15) is 9.59 Å². The first kappa shape index (κ1) is 25.8. The number of rotatable bonds is 4. The van der Waals surface area contributed by atoms with Crippen LogP contribution in [-0.2, 0) is 9.59 Å². The van der Waals surface area contributed by atoms with Gasteiger partial charge in [0.2, 0.25) is 5.91 Å². The molecule has 2 bridgehead atoms. The van der Waals surface area contributed by atoms with E-state index in [0.29, 0.717) is 56.5 Å². The summed E-state index contributed by atoms with van der Waals surface area (Å²) in [6, 6.07) is -0.475. The molecule has 0 saturated heterocycles. The lowest BCUT2D eigenvalue weighted by atomic mass is 10.1. The highest BCUT2D eigenvalue weighted by molar-refractivity contribution is 5.96. The largest absolute Gasteiger partial charge is 0.392 e. The van der Waals surface area contributed by atoms with Crippen LogP contribution in [0.1, 0.15) is 44.9 Å². The maximum atomic E-state index is 12.8. The summed E-state index contributed by atoms with van der Waals surface area (Å²) < 4.78 is 1.74. The van der Waals surface area contributed by atoms with Gasteiger partial charge in [-0.15, -0.1) is 4.99 Å². The quantitative estimate of drug-likeness (QED) is 0.362. The minimum absolute atomic E-state index is 0.0720. The minimum atomic E-state index is -0.475. The third-order valence-electron chi connectivity index (χ3n) is 5.53. The molecule has 2 amide bonds. The fourth-order valence-electron chi connectivity index (χ4n) is 3.54. The van der Waals surface area contributed by atoms with Crippen LogP contribution < -0.4 is 27.0 Å². The molecule has 2 aliphatic rings. The van der Waals surface area contributed by atoms with Crippen molar-refractivity contribution in [1.82, 2.24) is 26.2 Å². The average molecular weight is 450 g/mol. The molecule has 0 aromatic rings. The molecule has 0 spiro atoms. The van der Waals surface area contributed by atoms with E-state index in [1.807, 2.05) is 19.0 Å². The van der Waals surface area contributed by atoms with Gasteiger partial charge in [-0.1, -0.05) is 12.8 Å². The lowest BCUT2D eigenvalue weighted by Gasteiger charge is -2.22. The Bertz CT molecular complexity index is 717. The van der Waals surface area contributed by atoms with Gasteiger partial charge in [0.15, 0.2) is 5.82 Å². The lowest BCUT2D eigenvalue weighted by molar-refractivity contribution is -0.395. The molecule has 1 unspecified atom stereocenters. The van der Waals surface area contributed by atoms with Crippen LogP contribution in [-0.4, -0.2) is 93.4 Å². The van der Waals surface area contributed by atoms with Crippen LogP contribution in [0, 0.1) is 0 Å². The first-order valence-electron chi connectivity index (χ1n) is 11.7. The highest BCUT2D eigenvalue weighted by Crippen LogP contribution is 2.09. The molecule has 0 aliphatic carbocycles. The third kappa shape index (κ3) is 8.96. The summed E-state index contributed by atoms with van der Waals surface area (Å²) in [5, 5.41) is 12.5. The minimum Gasteiger partial charge on any atom is -0.359 e. The van der Waals surface area contributed by atoms with E-state index in [1.54, 1.807) is 4.58 Å². The normalized spacial score (nSPS) is 22.1. The molecule has 6 N–H and O–H groups in total. The second-order valence-corrected chi connectivity index (χ2v) is 8.68. The van der Waals surface area contributed by atoms with Gasteiger partial charge in [-0.3, -0.25) is 9.59 Å². The smallest absolute Gasteiger partial charge is 0.359 e. The number of aliphatic imine (C=N–C) groups is 1. The fraction of sp³-hybridized carbons (Fsp3) is 0.727. The van der Waals surface area contributed by atoms with E-state index >= 15 is 0 Å². The van der Waals surface area contributed by atoms with Crippen molar-refractivity contribution >= 4 is 24.5 Å². The molecule has 0 aromatic carbocycles. The van der Waals surface area contributed by atoms with E-state index in [4.69, 9.17) is 5.73 Å². The molecule has 1 atom stereocenters. The Kier molecular flexibility index (Phi) is 11.2. The predicted molar refractivity (Wildman–Crippen MR) is 128 cm³/mol. The zero-order valence-electron chi connectivity index (χ0n) is 19.7. The first-order valence-corrected chi connectivity index (χ1v) is 11.7. The van der Waals surface area contributed by atoms with E-state index < -0.39 is 6.04 Å². The molecule has 0 aromatic heterocycles. The topological polar surface area (TPSA) is 127 Å². The van der Waals surface area contributed by atoms with Gasteiger partial charge in [-0.25, -0.2) is 9.89 Å². The first-order chi connectivity index (χ1) is 15.4. The number of carbonyl (C=O) groups excluding carboxylic acids is 2. The van der Waals surface area contributed by atoms with Gasteiger partial charge < -0.3 is 26.6 Å². The molecule has 32 heavy (non-hydrogen) atoms. The fourth-order valence-corrected chi connectivity index (χ4v) is 3.54. The Balaban J connectivity index is 2.08. The number of hydrogen-bond acceptors (Lipinski definition) is 7. The Labute approximate surface area is 191 Å². The van der Waals surface area contributed by atoms with Gasteiger partial charge in [0, 0.05) is 32.9 Å². The maximum Gasteiger partial charge on any atom is 0.392 e. The summed E-state index contributed by atoms with van der Waals surface area (Å²) in [6.07, 6.45) is 6.26. The zero-order chi connectivity index (χ0) is 23.3. The summed E-state index contributed by atoms with van der Waals surface area (Å²) >= 11 is 0. The van der Waals surface area contributed by atoms with Crippen LogP contribution in [0.2, 0.25) is 0 Å². The van der Waals surface area contributed by atoms with E-state index in [2.05, 4.69) is 33.0 Å². The van der Waals surface area contributed by atoms with Gasteiger partial charge in [-0.2, -0.15) is 0 Å². The molecule has 0 radical (unpaired) electrons. The highest BCUT2D eigenvalue weighted by Gasteiger charge is 2.29. The van der Waals surface area contributed by atoms with Gasteiger partial charge in [0.05, 0.1) is 6.04 Å². The summed E-state index contributed by atoms with van der Waals surface area (Å²) in [5.74, 6) is 1.16. The molecule has 2 rings (SSSR count). The van der Waals surface area contributed by atoms with Crippen molar-refractivity contribution in [2.45, 2.75) is 51.0 Å². The number of guanidine groups is 1. The number of fused-ring (bicyclic) bond motifs is 2. The molecular weight excluding hydrogens is 408 g/mol. The Hall–Kier alpha value is -2.46. The van der Waals surface area contributed by atoms with Crippen LogP contribution >= 0.6 is 0 Å². The lowest BCUT2D eigenvalue weighted by Crippen LogP contribution is -2.48. The maximum absolute atomic E-state index is 12.8. The van der Waals surface area contributed by atoms with Crippen molar-refractivity contribution in [3.05, 3.63) is 11.4 Å². The summed E-state index contributed by atoms with van der Waals surface area (Å²) in [5.41, 5.74) is 6.63. The highest BCUT2D eigenvalue weighted by atomic mass is 16.2. The molecule has 180 valence electrons. The second kappa shape index (κ2) is 13.8. The number of hydrogen-bond donors (Lipinski definition) is 5. The summed E-state index contributed by atoms with van der Waals surface area (Å²) in [7, 11) is 3.94. The van der Waals surface area contributed by atoms with Crippen molar-refractivity contribution < 1.29 is 14.2 Å². The molecule has 0 saturated carbocycles. The molecule has 2 aliphatic heterocycles. The number of nitrogens with one attached hydrogen (secondary N) is 4. The van der Waals surface area contributed by atoms with Crippen LogP contribution in [0.5, 0.6) is 0 Å². The summed E-state index contributed by atoms with van der Waals surface area (Å²) in [4.78, 5) is 31.6. The van der Waals surface area contributed by atoms with Crippen LogP contribution in [0.15, 0.2) is 16.4 Å². The number of likely N-dealkylation sites (N-methyl/N-ethyl adjacent to an activating group) is 1. The number of nitrogens with two attached hydrogens (primary N) is 1. The Morgan fingerprint density at radius 2 is 1.91 bits per heavy atom. The van der Waals surface area contributed by atoms with Gasteiger partial charge in [0.25, 0.3) is 5.91 Å². The van der Waals surface area contributed by atoms with E-state index in [0.717, 1.165) is 45.1 Å². The number of nitrogens with zero attached hydrogens (tertiary/aromatic N) is 3. The predicted octanol–water partition coefficient (Wildman–Crippen LogP) is -0.674. The van der Waals surface area contributed by atoms with Crippen LogP contribution in [0.25, 0.3) is 0 Å². The van der Waals surface area contributed by atoms with Crippen molar-refractivity contribution in [2.75, 3.05) is 53.4 Å². The molecule has 10 nitrogen and oxygen atoms in total. The van der Waals surface area contributed by atoms with Gasteiger partial charge >= 0.3 is 5.96 Å². The standard InChI is InChI=1S/C22H40N8O2/c1-29(2)15-14-26-20(31)17-16-30(3)22-27-13-8-5-4-7-12-25-21(32)18(23)10-6-9-11-24-19(17)28-22/h18H,3-16,23H2,1-2H3,(H3-,24,25,26,27,28,31,32)/p+1. The van der Waals surface area contributed by atoms with Crippen LogP contribution in [0.3, 0.4) is 0 Å². The Morgan fingerprint density at radius 1 is 1.19 bits per heavy atom. The molecule has 10 heteroatoms. The second-order valence-electron chi connectivity index (χ2n) is 8.68. The molecule has 2 heterocycles. The molecular formula is C22H41N8O2+. The summed E-state index contributed by atoms with van der Waals surface area (Å²) in [6.45, 7) is 7.80. The Morgan fingerprint density at radius 3 is 2.69 bits per heavy atom. The zero-order valence-corrected chi connectivity index (χ0v) is 19.7. The van der Waals surface area contributed by atoms with E-state index in [1.165, 1.54) is 0 Å². The monoisotopic (exact) mass is 449 g/mol. The third-order valence-corrected chi connectivity index (χ3v) is 5.53. The average Bonchev–Trinajstić information content (AvgIpc) is 2.75. The molecule has 0 fully saturated rings. The van der Waals surface area contributed by atoms with Crippen molar-refractivity contribution in [1.29, 1.82) is 0 Å². The van der Waals surface area contributed by atoms with Crippen molar-refractivity contribution in [3.8, 4) is 0 Å².